The van der Waals surface area contributed by atoms with Gasteiger partial charge in [0.2, 0.25) is 0 Å². The topological polar surface area (TPSA) is 26.3 Å². The first-order chi connectivity index (χ1) is 9.81. The summed E-state index contributed by atoms with van der Waals surface area (Å²) in [5, 5.41) is 0. The molecule has 0 bridgehead atoms. The molecular weight excluding hydrogens is 248 g/mol. The molecule has 0 aliphatic carbocycles. The summed E-state index contributed by atoms with van der Waals surface area (Å²) >= 11 is 0. The maximum atomic E-state index is 11.1. The van der Waals surface area contributed by atoms with E-state index >= 15 is 0 Å². The highest BCUT2D eigenvalue weighted by Gasteiger charge is 1.98. The second kappa shape index (κ2) is 16.3. The molecule has 0 aromatic carbocycles. The molecule has 0 rings (SSSR count). The molecule has 0 heterocycles. The SMILES string of the molecule is C=CCC(=O)OCCCCCCCCCCCCCC. The van der Waals surface area contributed by atoms with Crippen molar-refractivity contribution in [3.8, 4) is 0 Å². The second-order valence-electron chi connectivity index (χ2n) is 5.60. The molecule has 118 valence electrons. The number of unbranched alkanes of at least 4 members (excludes halogenated alkanes) is 11. The molecule has 0 aromatic rings. The lowest BCUT2D eigenvalue weighted by atomic mass is 10.1. The van der Waals surface area contributed by atoms with Crippen LogP contribution >= 0.6 is 0 Å². The summed E-state index contributed by atoms with van der Waals surface area (Å²) in [7, 11) is 0. The van der Waals surface area contributed by atoms with Gasteiger partial charge in [0.15, 0.2) is 0 Å². The molecule has 0 fully saturated rings. The van der Waals surface area contributed by atoms with Gasteiger partial charge in [0.25, 0.3) is 0 Å². The van der Waals surface area contributed by atoms with Crippen LogP contribution in [-0.2, 0) is 9.53 Å². The second-order valence-corrected chi connectivity index (χ2v) is 5.60. The van der Waals surface area contributed by atoms with Crippen molar-refractivity contribution in [2.45, 2.75) is 90.4 Å². The summed E-state index contributed by atoms with van der Waals surface area (Å²) in [6, 6.07) is 0. The summed E-state index contributed by atoms with van der Waals surface area (Å²) in [6.45, 7) is 6.35. The van der Waals surface area contributed by atoms with Crippen molar-refractivity contribution in [1.29, 1.82) is 0 Å². The lowest BCUT2D eigenvalue weighted by Gasteiger charge is -2.04. The molecule has 0 aliphatic rings. The quantitative estimate of drug-likeness (QED) is 0.215. The number of carbonyl (C=O) groups excluding carboxylic acids is 1. The van der Waals surface area contributed by atoms with Crippen molar-refractivity contribution in [1.82, 2.24) is 0 Å². The number of esters is 1. The number of carbonyl (C=O) groups is 1. The van der Waals surface area contributed by atoms with Gasteiger partial charge in [0.1, 0.15) is 0 Å². The molecule has 0 atom stereocenters. The third-order valence-electron chi connectivity index (χ3n) is 3.57. The van der Waals surface area contributed by atoms with E-state index in [4.69, 9.17) is 4.74 Å². The van der Waals surface area contributed by atoms with Gasteiger partial charge in [0.05, 0.1) is 13.0 Å². The lowest BCUT2D eigenvalue weighted by Crippen LogP contribution is -2.04. The van der Waals surface area contributed by atoms with Crippen LogP contribution in [0.3, 0.4) is 0 Å². The summed E-state index contributed by atoms with van der Waals surface area (Å²) in [5.74, 6) is -0.150. The fourth-order valence-corrected chi connectivity index (χ4v) is 2.31. The summed E-state index contributed by atoms with van der Waals surface area (Å²) in [4.78, 5) is 11.1. The smallest absolute Gasteiger partial charge is 0.309 e. The molecule has 0 unspecified atom stereocenters. The van der Waals surface area contributed by atoms with Crippen LogP contribution in [-0.4, -0.2) is 12.6 Å². The molecule has 0 saturated heterocycles. The predicted octanol–water partition coefficient (Wildman–Crippen LogP) is 5.81. The fourth-order valence-electron chi connectivity index (χ4n) is 2.31. The van der Waals surface area contributed by atoms with Crippen LogP contribution in [0.4, 0.5) is 0 Å². The normalized spacial score (nSPS) is 10.4. The molecule has 0 spiro atoms. The van der Waals surface area contributed by atoms with Crippen LogP contribution in [0.25, 0.3) is 0 Å². The molecule has 0 amide bonds. The minimum absolute atomic E-state index is 0.150. The van der Waals surface area contributed by atoms with E-state index in [2.05, 4.69) is 13.5 Å². The van der Waals surface area contributed by atoms with E-state index in [0.717, 1.165) is 6.42 Å². The largest absolute Gasteiger partial charge is 0.465 e. The van der Waals surface area contributed by atoms with Crippen molar-refractivity contribution in [3.05, 3.63) is 12.7 Å². The van der Waals surface area contributed by atoms with E-state index in [1.807, 2.05) is 0 Å². The van der Waals surface area contributed by atoms with E-state index in [0.29, 0.717) is 13.0 Å². The Hall–Kier alpha value is -0.790. The molecule has 0 aliphatic heterocycles. The molecule has 0 radical (unpaired) electrons. The molecule has 2 nitrogen and oxygen atoms in total. The van der Waals surface area contributed by atoms with Gasteiger partial charge in [-0.25, -0.2) is 0 Å². The van der Waals surface area contributed by atoms with Crippen LogP contribution in [0.1, 0.15) is 90.4 Å². The van der Waals surface area contributed by atoms with E-state index in [-0.39, 0.29) is 5.97 Å². The number of ether oxygens (including phenoxy) is 1. The highest BCUT2D eigenvalue weighted by molar-refractivity contribution is 5.70. The Balaban J connectivity index is 3.02. The minimum atomic E-state index is -0.150. The molecule has 0 N–H and O–H groups in total. The van der Waals surface area contributed by atoms with Gasteiger partial charge in [-0.2, -0.15) is 0 Å². The first-order valence-corrected chi connectivity index (χ1v) is 8.57. The number of rotatable bonds is 15. The number of hydrogen-bond donors (Lipinski definition) is 0. The van der Waals surface area contributed by atoms with Crippen molar-refractivity contribution in [3.63, 3.8) is 0 Å². The summed E-state index contributed by atoms with van der Waals surface area (Å²) in [6.07, 6.45) is 17.9. The maximum absolute atomic E-state index is 11.1. The zero-order valence-corrected chi connectivity index (χ0v) is 13.5. The highest BCUT2D eigenvalue weighted by Crippen LogP contribution is 2.11. The van der Waals surface area contributed by atoms with E-state index < -0.39 is 0 Å². The summed E-state index contributed by atoms with van der Waals surface area (Å²) < 4.78 is 5.06. The first-order valence-electron chi connectivity index (χ1n) is 8.57. The van der Waals surface area contributed by atoms with Gasteiger partial charge in [-0.1, -0.05) is 83.6 Å². The van der Waals surface area contributed by atoms with Gasteiger partial charge in [-0.15, -0.1) is 6.58 Å². The van der Waals surface area contributed by atoms with Crippen molar-refractivity contribution in [2.75, 3.05) is 6.61 Å². The average Bonchev–Trinajstić information content (AvgIpc) is 2.44. The number of hydrogen-bond acceptors (Lipinski definition) is 2. The average molecular weight is 282 g/mol. The lowest BCUT2D eigenvalue weighted by molar-refractivity contribution is -0.142. The highest BCUT2D eigenvalue weighted by atomic mass is 16.5. The Labute approximate surface area is 126 Å². The maximum Gasteiger partial charge on any atom is 0.309 e. The van der Waals surface area contributed by atoms with E-state index in [1.54, 1.807) is 6.08 Å². The van der Waals surface area contributed by atoms with Crippen LogP contribution in [0.5, 0.6) is 0 Å². The Morgan fingerprint density at radius 3 is 1.75 bits per heavy atom. The molecule has 2 heteroatoms. The van der Waals surface area contributed by atoms with Gasteiger partial charge < -0.3 is 4.74 Å². The Bertz CT molecular complexity index is 223. The Morgan fingerprint density at radius 1 is 0.850 bits per heavy atom. The predicted molar refractivity (Wildman–Crippen MR) is 86.9 cm³/mol. The summed E-state index contributed by atoms with van der Waals surface area (Å²) in [5.41, 5.74) is 0. The van der Waals surface area contributed by atoms with Crippen molar-refractivity contribution < 1.29 is 9.53 Å². The first kappa shape index (κ1) is 19.2. The molecule has 0 aromatic heterocycles. The zero-order chi connectivity index (χ0) is 14.9. The van der Waals surface area contributed by atoms with Crippen molar-refractivity contribution in [2.24, 2.45) is 0 Å². The molecule has 0 saturated carbocycles. The third kappa shape index (κ3) is 15.3. The fraction of sp³-hybridized carbons (Fsp3) is 0.833. The van der Waals surface area contributed by atoms with Crippen LogP contribution in [0, 0.1) is 0 Å². The third-order valence-corrected chi connectivity index (χ3v) is 3.57. The Morgan fingerprint density at radius 2 is 1.30 bits per heavy atom. The standard InChI is InChI=1S/C18H34O2/c1-3-5-6-7-8-9-10-11-12-13-14-15-17-20-18(19)16-4-2/h4H,2-3,5-17H2,1H3. The van der Waals surface area contributed by atoms with Gasteiger partial charge in [0, 0.05) is 0 Å². The Kier molecular flexibility index (Phi) is 15.6. The zero-order valence-electron chi connectivity index (χ0n) is 13.5. The van der Waals surface area contributed by atoms with Gasteiger partial charge >= 0.3 is 5.97 Å². The molecule has 20 heavy (non-hydrogen) atoms. The van der Waals surface area contributed by atoms with Crippen LogP contribution in [0.15, 0.2) is 12.7 Å². The van der Waals surface area contributed by atoms with Crippen LogP contribution in [0.2, 0.25) is 0 Å². The van der Waals surface area contributed by atoms with E-state index in [1.165, 1.54) is 70.6 Å². The minimum Gasteiger partial charge on any atom is -0.465 e. The van der Waals surface area contributed by atoms with Crippen LogP contribution < -0.4 is 0 Å². The monoisotopic (exact) mass is 282 g/mol. The van der Waals surface area contributed by atoms with Crippen molar-refractivity contribution >= 4 is 5.97 Å². The molecular formula is C18H34O2. The van der Waals surface area contributed by atoms with Gasteiger partial charge in [-0.3, -0.25) is 4.79 Å². The van der Waals surface area contributed by atoms with E-state index in [9.17, 15) is 4.79 Å². The van der Waals surface area contributed by atoms with Gasteiger partial charge in [-0.05, 0) is 6.42 Å².